The third kappa shape index (κ3) is 9.52. The number of likely N-dealkylation sites (N-methyl/N-ethyl adjacent to an activating group) is 1. The van der Waals surface area contributed by atoms with E-state index < -0.39 is 28.1 Å². The Morgan fingerprint density at radius 2 is 1.81 bits per heavy atom. The van der Waals surface area contributed by atoms with E-state index in [2.05, 4.69) is 9.71 Å². The van der Waals surface area contributed by atoms with Crippen molar-refractivity contribution in [2.75, 3.05) is 38.1 Å². The topological polar surface area (TPSA) is 138 Å². The first-order valence-corrected chi connectivity index (χ1v) is 17.5. The number of fused-ring (bicyclic) bond motifs is 1. The van der Waals surface area contributed by atoms with Crippen LogP contribution in [0.15, 0.2) is 71.9 Å². The highest BCUT2D eigenvalue weighted by atomic mass is 32.2. The molecular formula is C35H46N4O7S. The molecule has 1 aliphatic heterocycles. The van der Waals surface area contributed by atoms with Crippen molar-refractivity contribution in [2.45, 2.75) is 70.1 Å². The lowest BCUT2D eigenvalue weighted by atomic mass is 10.0. The number of benzene rings is 2. The van der Waals surface area contributed by atoms with Gasteiger partial charge in [0, 0.05) is 56.3 Å². The maximum Gasteiger partial charge on any atom is 0.261 e. The van der Waals surface area contributed by atoms with E-state index in [0.29, 0.717) is 30.9 Å². The van der Waals surface area contributed by atoms with Gasteiger partial charge in [-0.1, -0.05) is 24.6 Å². The molecule has 4 atom stereocenters. The standard InChI is InChI=1S/C35H46N4O7S/c1-24-9-12-30(13-10-24)47(43,44)37-29-11-14-32-31(20-29)35(42)39(26(3)23-40)21-25(2)33(45-19-7-6-8-27(4)46-32)22-38(5)34(41)28-15-17-36-18-16-28/h9-18,20,25-27,33,37,40H,6-8,19,21-23H2,1-5H3/t25-,26+,27-,33+/m0/s1. The summed E-state index contributed by atoms with van der Waals surface area (Å²) in [5.74, 6) is -0.500. The molecule has 2 heterocycles. The van der Waals surface area contributed by atoms with E-state index in [4.69, 9.17) is 9.47 Å². The number of carbonyl (C=O) groups is 2. The van der Waals surface area contributed by atoms with Gasteiger partial charge >= 0.3 is 0 Å². The van der Waals surface area contributed by atoms with Crippen LogP contribution >= 0.6 is 0 Å². The molecule has 1 aromatic heterocycles. The number of aryl methyl sites for hydroxylation is 1. The number of rotatable bonds is 8. The summed E-state index contributed by atoms with van der Waals surface area (Å²) in [5, 5.41) is 10.2. The van der Waals surface area contributed by atoms with Crippen LogP contribution in [0.1, 0.15) is 66.3 Å². The van der Waals surface area contributed by atoms with Gasteiger partial charge in [0.25, 0.3) is 21.8 Å². The number of aliphatic hydroxyl groups excluding tert-OH is 1. The van der Waals surface area contributed by atoms with Gasteiger partial charge in [-0.25, -0.2) is 8.42 Å². The molecule has 4 rings (SSSR count). The monoisotopic (exact) mass is 666 g/mol. The highest BCUT2D eigenvalue weighted by Gasteiger charge is 2.31. The van der Waals surface area contributed by atoms with Gasteiger partial charge < -0.3 is 24.4 Å². The Hall–Kier alpha value is -4.00. The van der Waals surface area contributed by atoms with Crippen LogP contribution in [0.5, 0.6) is 5.75 Å². The van der Waals surface area contributed by atoms with Crippen LogP contribution in [0.3, 0.4) is 0 Å². The normalized spacial score (nSPS) is 20.3. The minimum absolute atomic E-state index is 0.0992. The average molecular weight is 667 g/mol. The first-order valence-electron chi connectivity index (χ1n) is 16.0. The molecule has 0 saturated heterocycles. The largest absolute Gasteiger partial charge is 0.490 e. The molecule has 0 radical (unpaired) electrons. The number of pyridine rings is 1. The zero-order chi connectivity index (χ0) is 34.1. The lowest BCUT2D eigenvalue weighted by Gasteiger charge is -2.36. The van der Waals surface area contributed by atoms with Crippen molar-refractivity contribution in [1.29, 1.82) is 0 Å². The summed E-state index contributed by atoms with van der Waals surface area (Å²) in [6.45, 7) is 8.18. The minimum atomic E-state index is -3.93. The van der Waals surface area contributed by atoms with Crippen molar-refractivity contribution in [2.24, 2.45) is 5.92 Å². The van der Waals surface area contributed by atoms with Gasteiger partial charge in [-0.2, -0.15) is 0 Å². The Bertz CT molecular complexity index is 1600. The van der Waals surface area contributed by atoms with Crippen LogP contribution in [-0.2, 0) is 14.8 Å². The molecule has 0 bridgehead atoms. The Labute approximate surface area is 278 Å². The minimum Gasteiger partial charge on any atom is -0.490 e. The maximum absolute atomic E-state index is 14.4. The van der Waals surface area contributed by atoms with Crippen molar-refractivity contribution in [1.82, 2.24) is 14.8 Å². The van der Waals surface area contributed by atoms with E-state index in [-0.39, 0.29) is 47.2 Å². The molecule has 47 heavy (non-hydrogen) atoms. The summed E-state index contributed by atoms with van der Waals surface area (Å²) in [7, 11) is -2.21. The zero-order valence-electron chi connectivity index (χ0n) is 27.8. The van der Waals surface area contributed by atoms with E-state index in [1.54, 1.807) is 72.6 Å². The third-order valence-electron chi connectivity index (χ3n) is 8.36. The molecular weight excluding hydrogens is 620 g/mol. The van der Waals surface area contributed by atoms with Gasteiger partial charge in [0.05, 0.1) is 35.3 Å². The second kappa shape index (κ2) is 16.2. The predicted molar refractivity (Wildman–Crippen MR) is 180 cm³/mol. The van der Waals surface area contributed by atoms with E-state index in [9.17, 15) is 23.1 Å². The second-order valence-electron chi connectivity index (χ2n) is 12.4. The van der Waals surface area contributed by atoms with Crippen LogP contribution in [0.4, 0.5) is 5.69 Å². The van der Waals surface area contributed by atoms with Crippen LogP contribution < -0.4 is 9.46 Å². The SMILES string of the molecule is Cc1ccc(S(=O)(=O)Nc2ccc3c(c2)C(=O)N([C@H](C)CO)C[C@H](C)[C@@H](CN(C)C(=O)c2ccncc2)OCCCC[C@H](C)O3)cc1. The molecule has 3 aromatic rings. The highest BCUT2D eigenvalue weighted by Crippen LogP contribution is 2.29. The molecule has 0 spiro atoms. The average Bonchev–Trinajstić information content (AvgIpc) is 3.06. The van der Waals surface area contributed by atoms with Crippen molar-refractivity contribution in [3.8, 4) is 5.75 Å². The predicted octanol–water partition coefficient (Wildman–Crippen LogP) is 4.76. The Balaban J connectivity index is 1.66. The number of nitrogens with zero attached hydrogens (tertiary/aromatic N) is 3. The van der Waals surface area contributed by atoms with Gasteiger partial charge in [0.1, 0.15) is 5.75 Å². The molecule has 2 N–H and O–H groups in total. The van der Waals surface area contributed by atoms with Crippen LogP contribution in [0.25, 0.3) is 0 Å². The van der Waals surface area contributed by atoms with Gasteiger partial charge in [-0.15, -0.1) is 0 Å². The smallest absolute Gasteiger partial charge is 0.261 e. The molecule has 254 valence electrons. The summed E-state index contributed by atoms with van der Waals surface area (Å²) in [6, 6.07) is 13.9. The van der Waals surface area contributed by atoms with E-state index >= 15 is 0 Å². The lowest BCUT2D eigenvalue weighted by Crippen LogP contribution is -2.48. The molecule has 1 aliphatic rings. The van der Waals surface area contributed by atoms with Gasteiger partial charge in [-0.3, -0.25) is 19.3 Å². The summed E-state index contributed by atoms with van der Waals surface area (Å²) >= 11 is 0. The van der Waals surface area contributed by atoms with Crippen LogP contribution in [-0.4, -0.2) is 91.7 Å². The van der Waals surface area contributed by atoms with Crippen molar-refractivity contribution in [3.05, 3.63) is 83.7 Å². The van der Waals surface area contributed by atoms with Crippen LogP contribution in [0.2, 0.25) is 0 Å². The summed E-state index contributed by atoms with van der Waals surface area (Å²) in [6.07, 6.45) is 4.81. The summed E-state index contributed by atoms with van der Waals surface area (Å²) in [4.78, 5) is 34.8. The Morgan fingerprint density at radius 1 is 1.11 bits per heavy atom. The van der Waals surface area contributed by atoms with E-state index in [1.807, 2.05) is 20.8 Å². The number of anilines is 1. The fourth-order valence-corrected chi connectivity index (χ4v) is 6.50. The third-order valence-corrected chi connectivity index (χ3v) is 9.76. The number of hydrogen-bond donors (Lipinski definition) is 2. The van der Waals surface area contributed by atoms with E-state index in [0.717, 1.165) is 18.4 Å². The number of aromatic nitrogens is 1. The summed E-state index contributed by atoms with van der Waals surface area (Å²) in [5.41, 5.74) is 1.82. The lowest BCUT2D eigenvalue weighted by molar-refractivity contribution is -0.0149. The molecule has 0 saturated carbocycles. The number of hydrogen-bond acceptors (Lipinski definition) is 8. The molecule has 11 nitrogen and oxygen atoms in total. The first kappa shape index (κ1) is 35.8. The first-order chi connectivity index (χ1) is 22.4. The van der Waals surface area contributed by atoms with E-state index in [1.165, 1.54) is 18.2 Å². The zero-order valence-corrected chi connectivity index (χ0v) is 28.6. The fourth-order valence-electron chi connectivity index (χ4n) is 5.45. The molecule has 0 unspecified atom stereocenters. The number of aliphatic hydroxyl groups is 1. The van der Waals surface area contributed by atoms with Gasteiger partial charge in [-0.05, 0) is 82.5 Å². The molecule has 0 fully saturated rings. The second-order valence-corrected chi connectivity index (χ2v) is 14.0. The number of amides is 2. The fraction of sp³-hybridized carbons (Fsp3) is 0.457. The highest BCUT2D eigenvalue weighted by molar-refractivity contribution is 7.92. The van der Waals surface area contributed by atoms with Crippen molar-refractivity contribution >= 4 is 27.5 Å². The molecule has 12 heteroatoms. The maximum atomic E-state index is 14.4. The van der Waals surface area contributed by atoms with Gasteiger partial charge in [0.2, 0.25) is 0 Å². The van der Waals surface area contributed by atoms with Crippen molar-refractivity contribution in [3.63, 3.8) is 0 Å². The Kier molecular flexibility index (Phi) is 12.4. The quantitative estimate of drug-likeness (QED) is 0.351. The Morgan fingerprint density at radius 3 is 2.49 bits per heavy atom. The number of sulfonamides is 1. The van der Waals surface area contributed by atoms with Crippen LogP contribution in [0, 0.1) is 12.8 Å². The van der Waals surface area contributed by atoms with Gasteiger partial charge in [0.15, 0.2) is 0 Å². The van der Waals surface area contributed by atoms with Crippen molar-refractivity contribution < 1.29 is 32.6 Å². The summed E-state index contributed by atoms with van der Waals surface area (Å²) < 4.78 is 41.6. The molecule has 0 aliphatic carbocycles. The molecule has 2 aromatic carbocycles. The number of carbonyl (C=O) groups excluding carboxylic acids is 2. The number of ether oxygens (including phenoxy) is 2. The number of nitrogens with one attached hydrogen (secondary N) is 1. The molecule has 2 amide bonds.